The van der Waals surface area contributed by atoms with Crippen molar-refractivity contribution in [3.05, 3.63) is 5.69 Å². The minimum atomic E-state index is 0.266. The van der Waals surface area contributed by atoms with E-state index in [4.69, 9.17) is 10.5 Å². The maximum Gasteiger partial charge on any atom is 0.236 e. The summed E-state index contributed by atoms with van der Waals surface area (Å²) in [5.74, 6) is 1.31. The lowest BCUT2D eigenvalue weighted by atomic mass is 10.1. The molecule has 0 aliphatic rings. The predicted octanol–water partition coefficient (Wildman–Crippen LogP) is 3.17. The molecule has 1 rings (SSSR count). The highest BCUT2D eigenvalue weighted by atomic mass is 16.5. The van der Waals surface area contributed by atoms with E-state index in [1.54, 1.807) is 0 Å². The second-order valence-electron chi connectivity index (χ2n) is 4.84. The first-order valence-electron chi connectivity index (χ1n) is 6.48. The molecule has 0 saturated carbocycles. The van der Waals surface area contributed by atoms with Gasteiger partial charge < -0.3 is 10.5 Å². The fraction of sp³-hybridized carbons (Fsp3) is 0.769. The van der Waals surface area contributed by atoms with Gasteiger partial charge in [0.25, 0.3) is 0 Å². The van der Waals surface area contributed by atoms with E-state index in [1.807, 2.05) is 11.6 Å². The average molecular weight is 239 g/mol. The molecule has 0 aromatic carbocycles. The van der Waals surface area contributed by atoms with Gasteiger partial charge in [-0.15, -0.1) is 0 Å². The highest BCUT2D eigenvalue weighted by molar-refractivity contribution is 5.52. The van der Waals surface area contributed by atoms with Crippen LogP contribution < -0.4 is 10.5 Å². The van der Waals surface area contributed by atoms with Crippen molar-refractivity contribution in [3.8, 4) is 5.88 Å². The molecule has 98 valence electrons. The van der Waals surface area contributed by atoms with Gasteiger partial charge in [-0.1, -0.05) is 26.7 Å². The molecule has 0 spiro atoms. The maximum absolute atomic E-state index is 6.00. The number of hydrogen-bond acceptors (Lipinski definition) is 3. The number of nitrogens with two attached hydrogens (primary N) is 1. The lowest BCUT2D eigenvalue weighted by Gasteiger charge is -2.16. The van der Waals surface area contributed by atoms with Crippen molar-refractivity contribution in [2.75, 3.05) is 12.3 Å². The Morgan fingerprint density at radius 2 is 1.88 bits per heavy atom. The molecule has 0 radical (unpaired) electrons. The molecule has 4 heteroatoms. The van der Waals surface area contributed by atoms with E-state index in [0.29, 0.717) is 11.6 Å². The molecule has 1 aromatic rings. The van der Waals surface area contributed by atoms with Gasteiger partial charge in [-0.3, -0.25) is 0 Å². The highest BCUT2D eigenvalue weighted by Crippen LogP contribution is 2.28. The fourth-order valence-electron chi connectivity index (χ4n) is 1.75. The average Bonchev–Trinajstić information content (AvgIpc) is 2.58. The normalized spacial score (nSPS) is 11.5. The largest absolute Gasteiger partial charge is 0.476 e. The first-order chi connectivity index (χ1) is 8.01. The van der Waals surface area contributed by atoms with Gasteiger partial charge in [-0.05, 0) is 26.7 Å². The summed E-state index contributed by atoms with van der Waals surface area (Å²) < 4.78 is 7.74. The minimum absolute atomic E-state index is 0.266. The number of rotatable bonds is 6. The van der Waals surface area contributed by atoms with Gasteiger partial charge in [0.05, 0.1) is 18.3 Å². The SMILES string of the molecule is CCC(CC)COc1c(N)c(C)nn1C(C)C. The first kappa shape index (κ1) is 13.9. The summed E-state index contributed by atoms with van der Waals surface area (Å²) in [7, 11) is 0. The number of ether oxygens (including phenoxy) is 1. The Hall–Kier alpha value is -1.19. The summed E-state index contributed by atoms with van der Waals surface area (Å²) >= 11 is 0. The van der Waals surface area contributed by atoms with Crippen LogP contribution in [-0.4, -0.2) is 16.4 Å². The van der Waals surface area contributed by atoms with Crippen LogP contribution in [0.4, 0.5) is 5.69 Å². The summed E-state index contributed by atoms with van der Waals surface area (Å²) in [6.45, 7) is 11.2. The van der Waals surface area contributed by atoms with E-state index in [2.05, 4.69) is 32.8 Å². The van der Waals surface area contributed by atoms with Crippen LogP contribution in [0.15, 0.2) is 0 Å². The Kier molecular flexibility index (Phi) is 4.85. The zero-order valence-corrected chi connectivity index (χ0v) is 11.7. The molecule has 0 fully saturated rings. The van der Waals surface area contributed by atoms with Crippen molar-refractivity contribution < 1.29 is 4.74 Å². The molecule has 0 amide bonds. The van der Waals surface area contributed by atoms with Crippen LogP contribution >= 0.6 is 0 Å². The number of hydrogen-bond donors (Lipinski definition) is 1. The van der Waals surface area contributed by atoms with Gasteiger partial charge in [0, 0.05) is 0 Å². The second kappa shape index (κ2) is 5.94. The lowest BCUT2D eigenvalue weighted by Crippen LogP contribution is -2.14. The Labute approximate surface area is 104 Å². The zero-order valence-electron chi connectivity index (χ0n) is 11.7. The van der Waals surface area contributed by atoms with Gasteiger partial charge >= 0.3 is 0 Å². The van der Waals surface area contributed by atoms with Crippen LogP contribution in [-0.2, 0) is 0 Å². The smallest absolute Gasteiger partial charge is 0.236 e. The molecule has 0 bridgehead atoms. The zero-order chi connectivity index (χ0) is 13.0. The van der Waals surface area contributed by atoms with Crippen LogP contribution in [0.3, 0.4) is 0 Å². The molecular formula is C13H25N3O. The third-order valence-corrected chi connectivity index (χ3v) is 3.19. The maximum atomic E-state index is 6.00. The van der Waals surface area contributed by atoms with Crippen LogP contribution in [0.5, 0.6) is 5.88 Å². The number of aromatic nitrogens is 2. The number of anilines is 1. The molecule has 2 N–H and O–H groups in total. The van der Waals surface area contributed by atoms with E-state index >= 15 is 0 Å². The predicted molar refractivity (Wildman–Crippen MR) is 71.3 cm³/mol. The van der Waals surface area contributed by atoms with Crippen molar-refractivity contribution in [1.82, 2.24) is 9.78 Å². The Morgan fingerprint density at radius 3 is 2.35 bits per heavy atom. The van der Waals surface area contributed by atoms with Crippen molar-refractivity contribution in [1.29, 1.82) is 0 Å². The fourth-order valence-corrected chi connectivity index (χ4v) is 1.75. The molecular weight excluding hydrogens is 214 g/mol. The van der Waals surface area contributed by atoms with Gasteiger partial charge in [0.15, 0.2) is 0 Å². The van der Waals surface area contributed by atoms with Crippen molar-refractivity contribution in [2.45, 2.75) is 53.5 Å². The second-order valence-corrected chi connectivity index (χ2v) is 4.84. The number of nitrogen functional groups attached to an aromatic ring is 1. The third kappa shape index (κ3) is 3.14. The van der Waals surface area contributed by atoms with Gasteiger partial charge in [-0.2, -0.15) is 5.10 Å². The highest BCUT2D eigenvalue weighted by Gasteiger charge is 2.17. The van der Waals surface area contributed by atoms with E-state index in [0.717, 1.165) is 31.0 Å². The number of nitrogens with zero attached hydrogens (tertiary/aromatic N) is 2. The molecule has 0 aliphatic carbocycles. The Balaban J connectivity index is 2.82. The standard InChI is InChI=1S/C13H25N3O/c1-6-11(7-2)8-17-13-12(14)10(5)15-16(13)9(3)4/h9,11H,6-8,14H2,1-5H3. The van der Waals surface area contributed by atoms with Crippen molar-refractivity contribution in [2.24, 2.45) is 5.92 Å². The Morgan fingerprint density at radius 1 is 1.29 bits per heavy atom. The first-order valence-corrected chi connectivity index (χ1v) is 6.48. The van der Waals surface area contributed by atoms with Crippen LogP contribution in [0.25, 0.3) is 0 Å². The number of aryl methyl sites for hydroxylation is 1. The molecule has 4 nitrogen and oxygen atoms in total. The van der Waals surface area contributed by atoms with E-state index in [-0.39, 0.29) is 6.04 Å². The summed E-state index contributed by atoms with van der Waals surface area (Å²) in [4.78, 5) is 0. The van der Waals surface area contributed by atoms with Gasteiger partial charge in [-0.25, -0.2) is 4.68 Å². The topological polar surface area (TPSA) is 53.1 Å². The molecule has 0 saturated heterocycles. The molecule has 1 aromatic heterocycles. The Bertz CT molecular complexity index is 354. The summed E-state index contributed by atoms with van der Waals surface area (Å²) in [5, 5.41) is 4.41. The van der Waals surface area contributed by atoms with Crippen LogP contribution in [0, 0.1) is 12.8 Å². The summed E-state index contributed by atoms with van der Waals surface area (Å²) in [6, 6.07) is 0.266. The van der Waals surface area contributed by atoms with Crippen LogP contribution in [0.2, 0.25) is 0 Å². The summed E-state index contributed by atoms with van der Waals surface area (Å²) in [6.07, 6.45) is 2.26. The molecule has 1 heterocycles. The van der Waals surface area contributed by atoms with Crippen molar-refractivity contribution in [3.63, 3.8) is 0 Å². The lowest BCUT2D eigenvalue weighted by molar-refractivity contribution is 0.217. The van der Waals surface area contributed by atoms with E-state index < -0.39 is 0 Å². The molecule has 0 aliphatic heterocycles. The minimum Gasteiger partial charge on any atom is -0.476 e. The van der Waals surface area contributed by atoms with E-state index in [1.165, 1.54) is 0 Å². The molecule has 17 heavy (non-hydrogen) atoms. The molecule has 0 atom stereocenters. The third-order valence-electron chi connectivity index (χ3n) is 3.19. The van der Waals surface area contributed by atoms with Crippen LogP contribution in [0.1, 0.15) is 52.3 Å². The van der Waals surface area contributed by atoms with E-state index in [9.17, 15) is 0 Å². The van der Waals surface area contributed by atoms with Crippen molar-refractivity contribution >= 4 is 5.69 Å². The van der Waals surface area contributed by atoms with Gasteiger partial charge in [0.2, 0.25) is 5.88 Å². The summed E-state index contributed by atoms with van der Waals surface area (Å²) in [5.41, 5.74) is 7.52. The quantitative estimate of drug-likeness (QED) is 0.829. The van der Waals surface area contributed by atoms with Gasteiger partial charge in [0.1, 0.15) is 5.69 Å². The monoisotopic (exact) mass is 239 g/mol. The molecule has 0 unspecified atom stereocenters.